The van der Waals surface area contributed by atoms with Crippen LogP contribution < -0.4 is 5.32 Å². The summed E-state index contributed by atoms with van der Waals surface area (Å²) >= 11 is 0. The Morgan fingerprint density at radius 2 is 1.88 bits per heavy atom. The Kier molecular flexibility index (Phi) is 6.58. The van der Waals surface area contributed by atoms with Crippen molar-refractivity contribution in [2.45, 2.75) is 32.7 Å². The summed E-state index contributed by atoms with van der Waals surface area (Å²) in [7, 11) is 0. The van der Waals surface area contributed by atoms with Crippen LogP contribution in [0.15, 0.2) is 12.4 Å². The maximum Gasteiger partial charge on any atom is 0.225 e. The van der Waals surface area contributed by atoms with Gasteiger partial charge in [0.15, 0.2) is 0 Å². The smallest absolute Gasteiger partial charge is 0.225 e. The van der Waals surface area contributed by atoms with Gasteiger partial charge in [0.1, 0.15) is 0 Å². The fraction of sp³-hybridized carbons (Fsp3) is 0.722. The zero-order valence-corrected chi connectivity index (χ0v) is 15.1. The van der Waals surface area contributed by atoms with Crippen molar-refractivity contribution in [2.75, 3.05) is 51.3 Å². The molecule has 25 heavy (non-hydrogen) atoms. The van der Waals surface area contributed by atoms with E-state index >= 15 is 0 Å². The summed E-state index contributed by atoms with van der Waals surface area (Å²) in [6.45, 7) is 8.61. The molecule has 1 aromatic heterocycles. The van der Waals surface area contributed by atoms with E-state index in [0.717, 1.165) is 64.1 Å². The zero-order valence-electron chi connectivity index (χ0n) is 15.1. The molecule has 2 aliphatic rings. The van der Waals surface area contributed by atoms with Gasteiger partial charge >= 0.3 is 0 Å². The van der Waals surface area contributed by atoms with E-state index < -0.39 is 0 Å². The van der Waals surface area contributed by atoms with Crippen molar-refractivity contribution in [3.63, 3.8) is 0 Å². The van der Waals surface area contributed by atoms with Gasteiger partial charge in [-0.2, -0.15) is 0 Å². The Labute approximate surface area is 149 Å². The second-order valence-electron chi connectivity index (χ2n) is 6.83. The van der Waals surface area contributed by atoms with E-state index in [-0.39, 0.29) is 5.92 Å². The number of ether oxygens (including phenoxy) is 1. The fourth-order valence-corrected chi connectivity index (χ4v) is 3.40. The van der Waals surface area contributed by atoms with Crippen molar-refractivity contribution in [1.29, 1.82) is 0 Å². The lowest BCUT2D eigenvalue weighted by molar-refractivity contribution is -0.141. The zero-order chi connectivity index (χ0) is 17.5. The van der Waals surface area contributed by atoms with E-state index in [1.807, 2.05) is 17.3 Å². The molecule has 2 saturated heterocycles. The predicted molar refractivity (Wildman–Crippen MR) is 96.2 cm³/mol. The number of nitrogens with zero attached hydrogens (tertiary/aromatic N) is 4. The SMILES string of the molecule is CCCNc1ncc(CN2CCC(C(=O)N3CCOCC3)CC2)cn1. The van der Waals surface area contributed by atoms with E-state index in [1.165, 1.54) is 0 Å². The summed E-state index contributed by atoms with van der Waals surface area (Å²) in [5.74, 6) is 1.18. The lowest BCUT2D eigenvalue weighted by Crippen LogP contribution is -2.46. The Morgan fingerprint density at radius 3 is 2.52 bits per heavy atom. The van der Waals surface area contributed by atoms with Crippen LogP contribution in [0.25, 0.3) is 0 Å². The number of morpholine rings is 1. The van der Waals surface area contributed by atoms with Crippen LogP contribution in [0.1, 0.15) is 31.7 Å². The number of carbonyl (C=O) groups is 1. The molecule has 0 spiro atoms. The molecule has 0 unspecified atom stereocenters. The molecule has 7 nitrogen and oxygen atoms in total. The molecule has 0 saturated carbocycles. The van der Waals surface area contributed by atoms with Crippen molar-refractivity contribution < 1.29 is 9.53 Å². The third-order valence-electron chi connectivity index (χ3n) is 4.90. The molecule has 7 heteroatoms. The largest absolute Gasteiger partial charge is 0.378 e. The molecular formula is C18H29N5O2. The molecule has 1 amide bonds. The van der Waals surface area contributed by atoms with Crippen LogP contribution in [-0.4, -0.2) is 71.6 Å². The summed E-state index contributed by atoms with van der Waals surface area (Å²) in [5, 5.41) is 3.19. The highest BCUT2D eigenvalue weighted by Crippen LogP contribution is 2.21. The van der Waals surface area contributed by atoms with Gasteiger partial charge in [-0.25, -0.2) is 9.97 Å². The number of hydrogen-bond acceptors (Lipinski definition) is 6. The molecule has 1 N–H and O–H groups in total. The monoisotopic (exact) mass is 347 g/mol. The average Bonchev–Trinajstić information content (AvgIpc) is 2.68. The number of amides is 1. The van der Waals surface area contributed by atoms with Crippen LogP contribution in [0, 0.1) is 5.92 Å². The van der Waals surface area contributed by atoms with Gasteiger partial charge in [0.05, 0.1) is 13.2 Å². The highest BCUT2D eigenvalue weighted by Gasteiger charge is 2.29. The van der Waals surface area contributed by atoms with Gasteiger partial charge in [0.2, 0.25) is 11.9 Å². The Balaban J connectivity index is 1.43. The number of carbonyl (C=O) groups excluding carboxylic acids is 1. The van der Waals surface area contributed by atoms with Gasteiger partial charge < -0.3 is 15.0 Å². The molecule has 0 aromatic carbocycles. The number of hydrogen-bond donors (Lipinski definition) is 1. The first kappa shape index (κ1) is 18.1. The standard InChI is InChI=1S/C18H29N5O2/c1-2-5-19-18-20-12-15(13-21-18)14-22-6-3-16(4-7-22)17(24)23-8-10-25-11-9-23/h12-13,16H,2-11,14H2,1H3,(H,19,20,21). The Bertz CT molecular complexity index is 537. The van der Waals surface area contributed by atoms with Gasteiger partial charge in [0, 0.05) is 50.1 Å². The minimum absolute atomic E-state index is 0.172. The van der Waals surface area contributed by atoms with Crippen molar-refractivity contribution in [2.24, 2.45) is 5.92 Å². The number of likely N-dealkylation sites (tertiary alicyclic amines) is 1. The van der Waals surface area contributed by atoms with Crippen LogP contribution in [0.4, 0.5) is 5.95 Å². The number of rotatable bonds is 6. The Morgan fingerprint density at radius 1 is 1.20 bits per heavy atom. The topological polar surface area (TPSA) is 70.6 Å². The predicted octanol–water partition coefficient (Wildman–Crippen LogP) is 1.37. The lowest BCUT2D eigenvalue weighted by Gasteiger charge is -2.35. The van der Waals surface area contributed by atoms with E-state index in [4.69, 9.17) is 4.74 Å². The molecule has 138 valence electrons. The molecule has 0 radical (unpaired) electrons. The second-order valence-corrected chi connectivity index (χ2v) is 6.83. The highest BCUT2D eigenvalue weighted by atomic mass is 16.5. The summed E-state index contributed by atoms with van der Waals surface area (Å²) in [4.78, 5) is 25.7. The summed E-state index contributed by atoms with van der Waals surface area (Å²) in [6, 6.07) is 0. The Hall–Kier alpha value is -1.73. The molecule has 2 aliphatic heterocycles. The van der Waals surface area contributed by atoms with Crippen molar-refractivity contribution in [1.82, 2.24) is 19.8 Å². The summed E-state index contributed by atoms with van der Waals surface area (Å²) in [5.41, 5.74) is 1.13. The molecule has 0 bridgehead atoms. The van der Waals surface area contributed by atoms with Gasteiger partial charge in [-0.15, -0.1) is 0 Å². The van der Waals surface area contributed by atoms with Crippen LogP contribution in [0.5, 0.6) is 0 Å². The maximum absolute atomic E-state index is 12.6. The van der Waals surface area contributed by atoms with E-state index in [1.54, 1.807) is 0 Å². The van der Waals surface area contributed by atoms with Gasteiger partial charge in [-0.05, 0) is 32.4 Å². The molecule has 1 aromatic rings. The van der Waals surface area contributed by atoms with E-state index in [0.29, 0.717) is 25.1 Å². The van der Waals surface area contributed by atoms with Crippen molar-refractivity contribution in [3.05, 3.63) is 18.0 Å². The van der Waals surface area contributed by atoms with Crippen LogP contribution >= 0.6 is 0 Å². The summed E-state index contributed by atoms with van der Waals surface area (Å²) < 4.78 is 5.33. The molecule has 2 fully saturated rings. The molecule has 3 heterocycles. The van der Waals surface area contributed by atoms with Crippen molar-refractivity contribution in [3.8, 4) is 0 Å². The normalized spacial score (nSPS) is 19.8. The van der Waals surface area contributed by atoms with Crippen LogP contribution in [0.3, 0.4) is 0 Å². The first-order valence-electron chi connectivity index (χ1n) is 9.40. The van der Waals surface area contributed by atoms with Gasteiger partial charge in [-0.1, -0.05) is 6.92 Å². The van der Waals surface area contributed by atoms with Gasteiger partial charge in [0.25, 0.3) is 0 Å². The first-order chi connectivity index (χ1) is 12.3. The van der Waals surface area contributed by atoms with Crippen LogP contribution in [-0.2, 0) is 16.1 Å². The minimum Gasteiger partial charge on any atom is -0.378 e. The number of nitrogens with one attached hydrogen (secondary N) is 1. The number of piperidine rings is 1. The lowest BCUT2D eigenvalue weighted by atomic mass is 9.95. The van der Waals surface area contributed by atoms with Crippen molar-refractivity contribution >= 4 is 11.9 Å². The van der Waals surface area contributed by atoms with E-state index in [2.05, 4.69) is 27.1 Å². The quantitative estimate of drug-likeness (QED) is 0.838. The number of anilines is 1. The number of aromatic nitrogens is 2. The minimum atomic E-state index is 0.172. The van der Waals surface area contributed by atoms with Crippen LogP contribution in [0.2, 0.25) is 0 Å². The summed E-state index contributed by atoms with van der Waals surface area (Å²) in [6.07, 6.45) is 6.73. The molecule has 0 aliphatic carbocycles. The van der Waals surface area contributed by atoms with E-state index in [9.17, 15) is 4.79 Å². The molecule has 0 atom stereocenters. The highest BCUT2D eigenvalue weighted by molar-refractivity contribution is 5.79. The maximum atomic E-state index is 12.6. The third-order valence-corrected chi connectivity index (χ3v) is 4.90. The fourth-order valence-electron chi connectivity index (χ4n) is 3.40. The first-order valence-corrected chi connectivity index (χ1v) is 9.40. The van der Waals surface area contributed by atoms with Gasteiger partial charge in [-0.3, -0.25) is 9.69 Å². The average molecular weight is 347 g/mol. The molecule has 3 rings (SSSR count). The second kappa shape index (κ2) is 9.10. The molecular weight excluding hydrogens is 318 g/mol. The third kappa shape index (κ3) is 5.12.